The van der Waals surface area contributed by atoms with Crippen LogP contribution in [-0.2, 0) is 16.1 Å². The molecular formula is C19H22N6O3S. The summed E-state index contributed by atoms with van der Waals surface area (Å²) in [7, 11) is 0. The van der Waals surface area contributed by atoms with Crippen molar-refractivity contribution in [1.82, 2.24) is 19.5 Å². The Balaban J connectivity index is 1.62. The van der Waals surface area contributed by atoms with E-state index in [0.717, 1.165) is 5.01 Å². The standard InChI is InChI=1S/C19H22N6O3S/c1-4-24(11-17-23-25-18(28)9-12(2)20-19(25)29-17)10-16(27)22-15-7-5-14(6-8-15)21-13(3)26/h5-9H,4,10-11H2,1-3H3,(H,21,26)(H,22,27). The number of rotatable bonds is 7. The fourth-order valence-electron chi connectivity index (χ4n) is 2.74. The Morgan fingerprint density at radius 2 is 1.83 bits per heavy atom. The number of carbonyl (C=O) groups is 2. The molecule has 2 N–H and O–H groups in total. The van der Waals surface area contributed by atoms with Crippen molar-refractivity contribution < 1.29 is 9.59 Å². The van der Waals surface area contributed by atoms with Gasteiger partial charge in [0.25, 0.3) is 5.56 Å². The lowest BCUT2D eigenvalue weighted by molar-refractivity contribution is -0.117. The highest BCUT2D eigenvalue weighted by molar-refractivity contribution is 7.16. The zero-order valence-electron chi connectivity index (χ0n) is 16.4. The minimum absolute atomic E-state index is 0.150. The van der Waals surface area contributed by atoms with Crippen LogP contribution in [0.3, 0.4) is 0 Å². The zero-order chi connectivity index (χ0) is 21.0. The molecule has 0 spiro atoms. The van der Waals surface area contributed by atoms with Crippen molar-refractivity contribution in [3.05, 3.63) is 51.4 Å². The van der Waals surface area contributed by atoms with Gasteiger partial charge < -0.3 is 10.6 Å². The summed E-state index contributed by atoms with van der Waals surface area (Å²) < 4.78 is 1.29. The molecule has 0 aliphatic heterocycles. The number of carbonyl (C=O) groups excluding carboxylic acids is 2. The average Bonchev–Trinajstić information content (AvgIpc) is 3.05. The number of nitrogens with zero attached hydrogens (tertiary/aromatic N) is 4. The van der Waals surface area contributed by atoms with Crippen LogP contribution in [0.5, 0.6) is 0 Å². The molecule has 10 heteroatoms. The predicted octanol–water partition coefficient (Wildman–Crippen LogP) is 1.88. The number of fused-ring (bicyclic) bond motifs is 1. The Hall–Kier alpha value is -3.11. The highest BCUT2D eigenvalue weighted by Crippen LogP contribution is 2.15. The molecule has 9 nitrogen and oxygen atoms in total. The van der Waals surface area contributed by atoms with Crippen molar-refractivity contribution in [2.75, 3.05) is 23.7 Å². The predicted molar refractivity (Wildman–Crippen MR) is 112 cm³/mol. The van der Waals surface area contributed by atoms with E-state index < -0.39 is 0 Å². The normalized spacial score (nSPS) is 11.0. The fraction of sp³-hybridized carbons (Fsp3) is 0.316. The summed E-state index contributed by atoms with van der Waals surface area (Å²) in [6.07, 6.45) is 0. The van der Waals surface area contributed by atoms with E-state index in [1.165, 1.54) is 28.8 Å². The van der Waals surface area contributed by atoms with E-state index in [1.54, 1.807) is 31.2 Å². The second-order valence-corrected chi connectivity index (χ2v) is 7.58. The molecule has 2 aromatic heterocycles. The summed E-state index contributed by atoms with van der Waals surface area (Å²) in [5, 5.41) is 10.6. The van der Waals surface area contributed by atoms with Gasteiger partial charge in [-0.2, -0.15) is 9.61 Å². The first-order valence-corrected chi connectivity index (χ1v) is 9.92. The molecule has 1 aromatic carbocycles. The summed E-state index contributed by atoms with van der Waals surface area (Å²) in [6, 6.07) is 8.35. The van der Waals surface area contributed by atoms with Crippen LogP contribution >= 0.6 is 11.3 Å². The molecule has 0 aliphatic carbocycles. The highest BCUT2D eigenvalue weighted by Gasteiger charge is 2.14. The number of aryl methyl sites for hydroxylation is 1. The van der Waals surface area contributed by atoms with Gasteiger partial charge in [-0.15, -0.1) is 0 Å². The van der Waals surface area contributed by atoms with E-state index in [2.05, 4.69) is 20.7 Å². The van der Waals surface area contributed by atoms with Gasteiger partial charge in [-0.05, 0) is 37.7 Å². The number of hydrogen-bond acceptors (Lipinski definition) is 7. The molecule has 0 unspecified atom stereocenters. The lowest BCUT2D eigenvalue weighted by Gasteiger charge is -2.18. The van der Waals surface area contributed by atoms with E-state index in [-0.39, 0.29) is 23.9 Å². The largest absolute Gasteiger partial charge is 0.326 e. The molecule has 0 saturated heterocycles. The minimum atomic E-state index is -0.210. The quantitative estimate of drug-likeness (QED) is 0.611. The average molecular weight is 414 g/mol. The van der Waals surface area contributed by atoms with Crippen molar-refractivity contribution in [2.45, 2.75) is 27.3 Å². The topological polar surface area (TPSA) is 109 Å². The number of nitrogens with one attached hydrogen (secondary N) is 2. The molecule has 152 valence electrons. The monoisotopic (exact) mass is 414 g/mol. The first kappa shape index (κ1) is 20.6. The molecule has 0 bridgehead atoms. The van der Waals surface area contributed by atoms with Gasteiger partial charge in [0, 0.05) is 30.1 Å². The Labute approximate surface area is 171 Å². The molecule has 0 aliphatic rings. The maximum atomic E-state index is 12.4. The van der Waals surface area contributed by atoms with Crippen LogP contribution in [0.15, 0.2) is 35.1 Å². The van der Waals surface area contributed by atoms with Gasteiger partial charge in [0.05, 0.1) is 13.1 Å². The lowest BCUT2D eigenvalue weighted by atomic mass is 10.2. The second kappa shape index (κ2) is 8.93. The molecule has 0 radical (unpaired) electrons. The zero-order valence-corrected chi connectivity index (χ0v) is 17.2. The molecule has 3 rings (SSSR count). The van der Waals surface area contributed by atoms with Crippen LogP contribution < -0.4 is 16.2 Å². The number of hydrogen-bond donors (Lipinski definition) is 2. The number of anilines is 2. The van der Waals surface area contributed by atoms with Gasteiger partial charge in [0.2, 0.25) is 16.8 Å². The van der Waals surface area contributed by atoms with Gasteiger partial charge in [-0.25, -0.2) is 4.98 Å². The molecule has 0 saturated carbocycles. The van der Waals surface area contributed by atoms with E-state index in [4.69, 9.17) is 0 Å². The fourth-order valence-corrected chi connectivity index (χ4v) is 3.73. The van der Waals surface area contributed by atoms with E-state index in [1.807, 2.05) is 11.8 Å². The van der Waals surface area contributed by atoms with Crippen molar-refractivity contribution in [1.29, 1.82) is 0 Å². The smallest absolute Gasteiger partial charge is 0.275 e. The van der Waals surface area contributed by atoms with Crippen LogP contribution in [0.1, 0.15) is 24.5 Å². The maximum absolute atomic E-state index is 12.4. The molecule has 3 aromatic rings. The van der Waals surface area contributed by atoms with Gasteiger partial charge in [-0.1, -0.05) is 18.3 Å². The Bertz CT molecular complexity index is 1090. The maximum Gasteiger partial charge on any atom is 0.275 e. The highest BCUT2D eigenvalue weighted by atomic mass is 32.1. The molecular weight excluding hydrogens is 392 g/mol. The number of likely N-dealkylation sites (N-methyl/N-ethyl adjacent to an activating group) is 1. The van der Waals surface area contributed by atoms with Crippen LogP contribution in [0.25, 0.3) is 4.96 Å². The number of amides is 2. The Kier molecular flexibility index (Phi) is 6.35. The van der Waals surface area contributed by atoms with Crippen molar-refractivity contribution in [2.24, 2.45) is 0 Å². The second-order valence-electron chi connectivity index (χ2n) is 6.54. The summed E-state index contributed by atoms with van der Waals surface area (Å²) in [5.74, 6) is -0.311. The number of benzene rings is 1. The van der Waals surface area contributed by atoms with Crippen LogP contribution in [0.2, 0.25) is 0 Å². The summed E-state index contributed by atoms with van der Waals surface area (Å²) >= 11 is 1.34. The molecule has 0 fully saturated rings. The minimum Gasteiger partial charge on any atom is -0.326 e. The molecule has 2 amide bonds. The summed E-state index contributed by atoms with van der Waals surface area (Å²) in [6.45, 7) is 6.43. The molecule has 0 atom stereocenters. The van der Waals surface area contributed by atoms with E-state index >= 15 is 0 Å². The van der Waals surface area contributed by atoms with Crippen LogP contribution in [0, 0.1) is 6.92 Å². The summed E-state index contributed by atoms with van der Waals surface area (Å²) in [4.78, 5) is 42.3. The van der Waals surface area contributed by atoms with Gasteiger partial charge in [-0.3, -0.25) is 19.3 Å². The van der Waals surface area contributed by atoms with Crippen LogP contribution in [-0.4, -0.2) is 44.4 Å². The van der Waals surface area contributed by atoms with Crippen molar-refractivity contribution in [3.8, 4) is 0 Å². The van der Waals surface area contributed by atoms with Crippen molar-refractivity contribution in [3.63, 3.8) is 0 Å². The SMILES string of the molecule is CCN(CC(=O)Nc1ccc(NC(C)=O)cc1)Cc1nn2c(=O)cc(C)nc2s1. The van der Waals surface area contributed by atoms with Crippen molar-refractivity contribution >= 4 is 39.5 Å². The third kappa shape index (κ3) is 5.46. The Morgan fingerprint density at radius 1 is 1.17 bits per heavy atom. The van der Waals surface area contributed by atoms with E-state index in [0.29, 0.717) is 35.1 Å². The van der Waals surface area contributed by atoms with E-state index in [9.17, 15) is 14.4 Å². The third-order valence-corrected chi connectivity index (χ3v) is 4.97. The first-order valence-electron chi connectivity index (χ1n) is 9.10. The molecule has 29 heavy (non-hydrogen) atoms. The molecule has 2 heterocycles. The lowest BCUT2D eigenvalue weighted by Crippen LogP contribution is -2.32. The third-order valence-electron chi connectivity index (χ3n) is 4.08. The first-order chi connectivity index (χ1) is 13.8. The van der Waals surface area contributed by atoms with Crippen LogP contribution in [0.4, 0.5) is 11.4 Å². The van der Waals surface area contributed by atoms with Gasteiger partial charge in [0.1, 0.15) is 5.01 Å². The van der Waals surface area contributed by atoms with Gasteiger partial charge in [0.15, 0.2) is 0 Å². The summed E-state index contributed by atoms with van der Waals surface area (Å²) in [5.41, 5.74) is 1.76. The van der Waals surface area contributed by atoms with Gasteiger partial charge >= 0.3 is 0 Å². The Morgan fingerprint density at radius 3 is 2.45 bits per heavy atom. The number of aromatic nitrogens is 3.